The fourth-order valence-electron chi connectivity index (χ4n) is 4.28. The number of rotatable bonds is 2. The van der Waals surface area contributed by atoms with E-state index in [0.717, 1.165) is 0 Å². The zero-order valence-electron chi connectivity index (χ0n) is 14.6. The van der Waals surface area contributed by atoms with Crippen LogP contribution in [0.1, 0.15) is 44.4 Å². The Labute approximate surface area is 135 Å². The Balaban J connectivity index is 2.12. The molecule has 2 heteroatoms. The van der Waals surface area contributed by atoms with Crippen molar-refractivity contribution in [2.45, 2.75) is 51.9 Å². The lowest BCUT2D eigenvalue weighted by Crippen LogP contribution is -2.58. The summed E-state index contributed by atoms with van der Waals surface area (Å²) in [5.41, 5.74) is 5.20. The summed E-state index contributed by atoms with van der Waals surface area (Å²) in [6, 6.07) is 13.4. The van der Waals surface area contributed by atoms with Crippen molar-refractivity contribution in [1.82, 2.24) is 4.98 Å². The van der Waals surface area contributed by atoms with Crippen LogP contribution in [-0.4, -0.2) is 13.8 Å². The molecule has 2 aromatic carbocycles. The second kappa shape index (κ2) is 5.07. The van der Waals surface area contributed by atoms with Crippen molar-refractivity contribution >= 4 is 25.1 Å². The number of allylic oxidation sites excluding steroid dienone is 1. The Morgan fingerprint density at radius 1 is 1.00 bits per heavy atom. The van der Waals surface area contributed by atoms with Gasteiger partial charge in [0.15, 0.2) is 0 Å². The smallest absolute Gasteiger partial charge is 0.131 e. The van der Waals surface area contributed by atoms with Crippen molar-refractivity contribution in [1.29, 1.82) is 0 Å². The van der Waals surface area contributed by atoms with Crippen LogP contribution in [0, 0.1) is 0 Å². The summed E-state index contributed by atoms with van der Waals surface area (Å²) in [4.78, 5) is 3.95. The van der Waals surface area contributed by atoms with Gasteiger partial charge in [0.05, 0.1) is 0 Å². The lowest BCUT2D eigenvalue weighted by atomic mass is 10.0. The van der Waals surface area contributed by atoms with Crippen LogP contribution in [0.25, 0.3) is 16.8 Å². The van der Waals surface area contributed by atoms with E-state index in [1.165, 1.54) is 27.5 Å². The standard InChI is InChI=1S/C20H27NSi/c1-14-13-18-16-10-8-7-9-15(16)11-12-17(18)19(14)22(5,6)21-20(2,3)4/h7-13,19,21H,1-6H3. The largest absolute Gasteiger partial charge is 0.332 e. The van der Waals surface area contributed by atoms with E-state index in [1.807, 2.05) is 0 Å². The monoisotopic (exact) mass is 309 g/mol. The van der Waals surface area contributed by atoms with Gasteiger partial charge in [-0.15, -0.1) is 0 Å². The molecule has 3 rings (SSSR count). The molecule has 22 heavy (non-hydrogen) atoms. The molecule has 1 unspecified atom stereocenters. The van der Waals surface area contributed by atoms with Gasteiger partial charge >= 0.3 is 0 Å². The Bertz CT molecular complexity index is 750. The maximum atomic E-state index is 3.95. The van der Waals surface area contributed by atoms with Crippen LogP contribution in [0.15, 0.2) is 42.0 Å². The van der Waals surface area contributed by atoms with Crippen LogP contribution in [-0.2, 0) is 0 Å². The number of hydrogen-bond acceptors (Lipinski definition) is 1. The van der Waals surface area contributed by atoms with Gasteiger partial charge in [-0.1, -0.05) is 61.1 Å². The van der Waals surface area contributed by atoms with E-state index < -0.39 is 8.24 Å². The van der Waals surface area contributed by atoms with Crippen molar-refractivity contribution in [3.8, 4) is 0 Å². The Kier molecular flexibility index (Phi) is 3.57. The molecule has 116 valence electrons. The predicted molar refractivity (Wildman–Crippen MR) is 101 cm³/mol. The van der Waals surface area contributed by atoms with Crippen molar-refractivity contribution in [2.75, 3.05) is 0 Å². The molecule has 0 aromatic heterocycles. The molecule has 0 aliphatic heterocycles. The molecule has 2 aromatic rings. The lowest BCUT2D eigenvalue weighted by Gasteiger charge is -2.39. The third kappa shape index (κ3) is 2.66. The summed E-state index contributed by atoms with van der Waals surface area (Å²) in [6.07, 6.45) is 2.42. The first-order chi connectivity index (χ1) is 10.2. The topological polar surface area (TPSA) is 12.0 Å². The third-order valence-electron chi connectivity index (χ3n) is 4.56. The van der Waals surface area contributed by atoms with Crippen molar-refractivity contribution in [3.63, 3.8) is 0 Å². The van der Waals surface area contributed by atoms with Crippen LogP contribution in [0.3, 0.4) is 0 Å². The second-order valence-electron chi connectivity index (χ2n) is 8.21. The van der Waals surface area contributed by atoms with Gasteiger partial charge in [-0.2, -0.15) is 0 Å². The van der Waals surface area contributed by atoms with Gasteiger partial charge in [0.25, 0.3) is 0 Å². The van der Waals surface area contributed by atoms with E-state index in [9.17, 15) is 0 Å². The highest BCUT2D eigenvalue weighted by Crippen LogP contribution is 2.44. The highest BCUT2D eigenvalue weighted by Gasteiger charge is 2.40. The minimum absolute atomic E-state index is 0.162. The molecule has 0 fully saturated rings. The zero-order chi connectivity index (χ0) is 16.1. The molecule has 1 aliphatic carbocycles. The highest BCUT2D eigenvalue weighted by molar-refractivity contribution is 6.77. The fraction of sp³-hybridized carbons (Fsp3) is 0.400. The molecular formula is C20H27NSi. The van der Waals surface area contributed by atoms with Crippen LogP contribution < -0.4 is 4.98 Å². The summed E-state index contributed by atoms with van der Waals surface area (Å²) in [6.45, 7) is 14.1. The van der Waals surface area contributed by atoms with Gasteiger partial charge in [-0.3, -0.25) is 0 Å². The van der Waals surface area contributed by atoms with Gasteiger partial charge in [0, 0.05) is 11.1 Å². The molecule has 0 heterocycles. The van der Waals surface area contributed by atoms with Gasteiger partial charge in [-0.05, 0) is 49.6 Å². The first-order valence-corrected chi connectivity index (χ1v) is 11.3. The molecule has 1 nitrogen and oxygen atoms in total. The molecular weight excluding hydrogens is 282 g/mol. The first kappa shape index (κ1) is 15.5. The zero-order valence-corrected chi connectivity index (χ0v) is 15.6. The van der Waals surface area contributed by atoms with E-state index in [1.54, 1.807) is 0 Å². The molecule has 0 spiro atoms. The van der Waals surface area contributed by atoms with E-state index >= 15 is 0 Å². The van der Waals surface area contributed by atoms with Crippen molar-refractivity contribution < 1.29 is 0 Å². The van der Waals surface area contributed by atoms with E-state index in [-0.39, 0.29) is 5.54 Å². The molecule has 0 amide bonds. The van der Waals surface area contributed by atoms with Gasteiger partial charge in [-0.25, -0.2) is 0 Å². The minimum atomic E-state index is -1.63. The first-order valence-electron chi connectivity index (χ1n) is 8.18. The summed E-state index contributed by atoms with van der Waals surface area (Å²) in [5, 5.41) is 2.73. The summed E-state index contributed by atoms with van der Waals surface area (Å²) >= 11 is 0. The second-order valence-corrected chi connectivity index (χ2v) is 12.5. The minimum Gasteiger partial charge on any atom is -0.332 e. The van der Waals surface area contributed by atoms with E-state index in [0.29, 0.717) is 5.54 Å². The summed E-state index contributed by atoms with van der Waals surface area (Å²) in [5.74, 6) is 0. The normalized spacial score (nSPS) is 18.5. The van der Waals surface area contributed by atoms with Crippen LogP contribution in [0.4, 0.5) is 0 Å². The van der Waals surface area contributed by atoms with E-state index in [4.69, 9.17) is 0 Å². The van der Waals surface area contributed by atoms with Gasteiger partial charge in [0.1, 0.15) is 8.24 Å². The van der Waals surface area contributed by atoms with Crippen LogP contribution in [0.2, 0.25) is 13.1 Å². The quantitative estimate of drug-likeness (QED) is 0.725. The summed E-state index contributed by atoms with van der Waals surface area (Å²) < 4.78 is 0. The maximum Gasteiger partial charge on any atom is 0.131 e. The van der Waals surface area contributed by atoms with Gasteiger partial charge in [0.2, 0.25) is 0 Å². The van der Waals surface area contributed by atoms with Crippen LogP contribution >= 0.6 is 0 Å². The fourth-order valence-corrected chi connectivity index (χ4v) is 8.61. The predicted octanol–water partition coefficient (Wildman–Crippen LogP) is 5.47. The Hall–Kier alpha value is -1.38. The lowest BCUT2D eigenvalue weighted by molar-refractivity contribution is 0.508. The van der Waals surface area contributed by atoms with Crippen molar-refractivity contribution in [2.24, 2.45) is 0 Å². The highest BCUT2D eigenvalue weighted by atomic mass is 28.3. The molecule has 1 N–H and O–H groups in total. The van der Waals surface area contributed by atoms with Crippen LogP contribution in [0.5, 0.6) is 0 Å². The SMILES string of the molecule is CC1=Cc2c(ccc3ccccc23)C1[Si](C)(C)NC(C)(C)C. The number of hydrogen-bond donors (Lipinski definition) is 1. The Morgan fingerprint density at radius 2 is 1.68 bits per heavy atom. The number of benzene rings is 2. The average Bonchev–Trinajstić information content (AvgIpc) is 2.73. The molecule has 1 aliphatic rings. The molecule has 0 saturated heterocycles. The summed E-state index contributed by atoms with van der Waals surface area (Å²) in [7, 11) is -1.63. The average molecular weight is 310 g/mol. The van der Waals surface area contributed by atoms with Gasteiger partial charge < -0.3 is 4.98 Å². The number of nitrogens with one attached hydrogen (secondary N) is 1. The Morgan fingerprint density at radius 3 is 2.36 bits per heavy atom. The molecule has 0 bridgehead atoms. The third-order valence-corrected chi connectivity index (χ3v) is 8.17. The number of fused-ring (bicyclic) bond motifs is 3. The van der Waals surface area contributed by atoms with E-state index in [2.05, 4.69) is 88.2 Å². The van der Waals surface area contributed by atoms with Crippen molar-refractivity contribution in [3.05, 3.63) is 53.1 Å². The molecule has 0 radical (unpaired) electrons. The maximum absolute atomic E-state index is 3.95. The molecule has 0 saturated carbocycles. The molecule has 1 atom stereocenters.